The highest BCUT2D eigenvalue weighted by molar-refractivity contribution is 7.47. The molecule has 0 saturated heterocycles. The molecule has 0 spiro atoms. The lowest BCUT2D eigenvalue weighted by Crippen LogP contribution is -2.30. The van der Waals surface area contributed by atoms with E-state index in [1.165, 1.54) is 51.4 Å². The van der Waals surface area contributed by atoms with Crippen LogP contribution < -0.4 is 0 Å². The van der Waals surface area contributed by atoms with Crippen molar-refractivity contribution < 1.29 is 80.2 Å². The lowest BCUT2D eigenvalue weighted by Gasteiger charge is -2.21. The molecular weight excluding hydrogens is 1260 g/mol. The summed E-state index contributed by atoms with van der Waals surface area (Å²) in [6.45, 7) is 4.53. The Morgan fingerprint density at radius 1 is 0.302 bits per heavy atom. The van der Waals surface area contributed by atoms with Crippen molar-refractivity contribution in [3.8, 4) is 0 Å². The van der Waals surface area contributed by atoms with Gasteiger partial charge in [0.1, 0.15) is 19.3 Å². The van der Waals surface area contributed by atoms with Crippen LogP contribution in [0.1, 0.15) is 297 Å². The molecule has 0 bridgehead atoms. The van der Waals surface area contributed by atoms with Crippen LogP contribution in [0.25, 0.3) is 0 Å². The van der Waals surface area contributed by atoms with E-state index in [9.17, 15) is 43.2 Å². The van der Waals surface area contributed by atoms with Gasteiger partial charge in [-0.25, -0.2) is 9.13 Å². The third-order valence-electron chi connectivity index (χ3n) is 15.2. The van der Waals surface area contributed by atoms with Gasteiger partial charge in [0.25, 0.3) is 0 Å². The fourth-order valence-electron chi connectivity index (χ4n) is 9.57. The van der Waals surface area contributed by atoms with Crippen molar-refractivity contribution in [1.29, 1.82) is 0 Å². The predicted octanol–water partition coefficient (Wildman–Crippen LogP) is 21.0. The van der Waals surface area contributed by atoms with Crippen molar-refractivity contribution in [2.45, 2.75) is 316 Å². The highest BCUT2D eigenvalue weighted by Crippen LogP contribution is 2.45. The number of phosphoric acid groups is 2. The number of carbonyl (C=O) groups is 4. The minimum Gasteiger partial charge on any atom is -0.462 e. The Balaban J connectivity index is 5.39. The van der Waals surface area contributed by atoms with Crippen LogP contribution in [0.4, 0.5) is 0 Å². The number of allylic oxidation sites excluding steroid dienone is 18. The number of unbranched alkanes of at least 4 members (excludes halogenated alkanes) is 25. The number of aliphatic hydroxyl groups is 1. The van der Waals surface area contributed by atoms with Gasteiger partial charge in [-0.05, 0) is 148 Å². The van der Waals surface area contributed by atoms with E-state index in [0.717, 1.165) is 167 Å². The van der Waals surface area contributed by atoms with Crippen LogP contribution in [0.3, 0.4) is 0 Å². The number of hydrogen-bond acceptors (Lipinski definition) is 15. The molecule has 0 rings (SSSR count). The number of hydrogen-bond donors (Lipinski definition) is 3. The second-order valence-corrected chi connectivity index (χ2v) is 27.4. The standard InChI is InChI=1S/C77H132O17P2/c1-5-9-13-17-21-25-29-33-35-39-41-45-49-53-57-61-74(79)87-67-72(93-76(81)63-59-55-51-47-43-37-31-27-23-19-15-11-7-3)69-91-95(83,84)89-65-71(78)66-90-96(85,86)92-70-73(94-77(82)64-60-56-52-48-44-38-32-28-24-20-16-12-8-4)68-88-75(80)62-58-54-50-46-42-40-36-34-30-26-22-18-14-10-6-2/h9-10,13-14,21-22,25-28,31-36,41,45,71-73,78H,5-8,11-12,15-20,23-24,29-30,37-40,42-44,46-70H2,1-4H3,(H,83,84)(H,85,86)/b13-9-,14-10-,25-21-,26-22-,31-27-,32-28-,35-33-,36-34-,45-41-. The molecule has 0 amide bonds. The summed E-state index contributed by atoms with van der Waals surface area (Å²) in [5, 5.41) is 10.6. The average Bonchev–Trinajstić information content (AvgIpc) is 1.14. The zero-order valence-corrected chi connectivity index (χ0v) is 61.8. The SMILES string of the molecule is CC/C=C\C/C=C\C/C=C\C/C=C\CCCCC(=O)OCC(COP(=O)(O)OCC(O)COP(=O)(O)OCC(COC(=O)CCCCCCC/C=C\C/C=C\C/C=C\CC)OC(=O)CCCCCCC/C=C\CCCCCC)OC(=O)CCCCCCC/C=C\CCCCCC. The molecule has 0 aromatic rings. The summed E-state index contributed by atoms with van der Waals surface area (Å²) in [7, 11) is -9.96. The first-order chi connectivity index (χ1) is 46.7. The Morgan fingerprint density at radius 2 is 0.542 bits per heavy atom. The largest absolute Gasteiger partial charge is 0.472 e. The normalized spacial score (nSPS) is 14.6. The maximum Gasteiger partial charge on any atom is 0.472 e. The van der Waals surface area contributed by atoms with Crippen LogP contribution in [0.15, 0.2) is 109 Å². The fourth-order valence-corrected chi connectivity index (χ4v) is 11.1. The number of esters is 4. The molecule has 0 aliphatic rings. The van der Waals surface area contributed by atoms with Crippen molar-refractivity contribution >= 4 is 39.5 Å². The summed E-state index contributed by atoms with van der Waals surface area (Å²) in [5.74, 6) is -2.26. The second-order valence-electron chi connectivity index (χ2n) is 24.5. The number of rotatable bonds is 69. The molecule has 96 heavy (non-hydrogen) atoms. The molecule has 5 atom stereocenters. The highest BCUT2D eigenvalue weighted by atomic mass is 31.2. The monoisotopic (exact) mass is 1390 g/mol. The van der Waals surface area contributed by atoms with Gasteiger partial charge < -0.3 is 33.8 Å². The molecule has 0 aliphatic heterocycles. The van der Waals surface area contributed by atoms with Crippen LogP contribution >= 0.6 is 15.6 Å². The van der Waals surface area contributed by atoms with Crippen molar-refractivity contribution in [3.05, 3.63) is 109 Å². The molecular formula is C77H132O17P2. The van der Waals surface area contributed by atoms with E-state index >= 15 is 0 Å². The van der Waals surface area contributed by atoms with Gasteiger partial charge in [-0.1, -0.05) is 233 Å². The number of aliphatic hydroxyl groups excluding tert-OH is 1. The molecule has 0 saturated carbocycles. The quantitative estimate of drug-likeness (QED) is 0.0169. The Morgan fingerprint density at radius 3 is 0.865 bits per heavy atom. The maximum absolute atomic E-state index is 13.1. The van der Waals surface area contributed by atoms with E-state index < -0.39 is 97.5 Å². The molecule has 0 radical (unpaired) electrons. The summed E-state index contributed by atoms with van der Waals surface area (Å²) in [4.78, 5) is 72.7. The van der Waals surface area contributed by atoms with Gasteiger partial charge in [-0.2, -0.15) is 0 Å². The van der Waals surface area contributed by atoms with E-state index in [1.807, 2.05) is 0 Å². The van der Waals surface area contributed by atoms with Crippen LogP contribution in [-0.2, 0) is 65.4 Å². The molecule has 5 unspecified atom stereocenters. The summed E-state index contributed by atoms with van der Waals surface area (Å²) in [5.41, 5.74) is 0. The van der Waals surface area contributed by atoms with E-state index in [0.29, 0.717) is 25.7 Å². The number of carbonyl (C=O) groups excluding carboxylic acids is 4. The van der Waals surface area contributed by atoms with Crippen LogP contribution in [0, 0.1) is 0 Å². The zero-order valence-electron chi connectivity index (χ0n) is 60.0. The summed E-state index contributed by atoms with van der Waals surface area (Å²) < 4.78 is 68.3. The Bertz CT molecular complexity index is 2250. The molecule has 0 aromatic heterocycles. The van der Waals surface area contributed by atoms with Gasteiger partial charge in [0, 0.05) is 25.7 Å². The lowest BCUT2D eigenvalue weighted by atomic mass is 10.1. The van der Waals surface area contributed by atoms with Crippen molar-refractivity contribution in [1.82, 2.24) is 0 Å². The van der Waals surface area contributed by atoms with Gasteiger partial charge in [-0.15, -0.1) is 0 Å². The third-order valence-corrected chi connectivity index (χ3v) is 17.1. The lowest BCUT2D eigenvalue weighted by molar-refractivity contribution is -0.161. The highest BCUT2D eigenvalue weighted by Gasteiger charge is 2.30. The van der Waals surface area contributed by atoms with Gasteiger partial charge in [0.15, 0.2) is 12.2 Å². The van der Waals surface area contributed by atoms with E-state index in [4.69, 9.17) is 37.0 Å². The smallest absolute Gasteiger partial charge is 0.462 e. The van der Waals surface area contributed by atoms with Gasteiger partial charge >= 0.3 is 39.5 Å². The molecule has 17 nitrogen and oxygen atoms in total. The summed E-state index contributed by atoms with van der Waals surface area (Å²) in [6.07, 6.45) is 72.3. The van der Waals surface area contributed by atoms with Gasteiger partial charge in [0.05, 0.1) is 26.4 Å². The summed E-state index contributed by atoms with van der Waals surface area (Å²) >= 11 is 0. The number of ether oxygens (including phenoxy) is 4. The molecule has 3 N–H and O–H groups in total. The Labute approximate surface area is 581 Å². The fraction of sp³-hybridized carbons (Fsp3) is 0.714. The van der Waals surface area contributed by atoms with Crippen LogP contribution in [0.5, 0.6) is 0 Å². The van der Waals surface area contributed by atoms with Gasteiger partial charge in [0.2, 0.25) is 0 Å². The zero-order chi connectivity index (χ0) is 70.4. The van der Waals surface area contributed by atoms with Crippen LogP contribution in [-0.4, -0.2) is 96.7 Å². The van der Waals surface area contributed by atoms with Crippen molar-refractivity contribution in [2.75, 3.05) is 39.6 Å². The summed E-state index contributed by atoms with van der Waals surface area (Å²) in [6, 6.07) is 0. The first kappa shape index (κ1) is 91.7. The van der Waals surface area contributed by atoms with E-state index in [2.05, 4.69) is 137 Å². The Hall–Kier alpha value is -4.28. The molecule has 19 heteroatoms. The maximum atomic E-state index is 13.1. The third kappa shape index (κ3) is 68.3. The minimum absolute atomic E-state index is 0.0744. The van der Waals surface area contributed by atoms with Gasteiger partial charge in [-0.3, -0.25) is 37.3 Å². The minimum atomic E-state index is -4.98. The van der Waals surface area contributed by atoms with Crippen molar-refractivity contribution in [2.24, 2.45) is 0 Å². The topological polar surface area (TPSA) is 237 Å². The first-order valence-electron chi connectivity index (χ1n) is 37.1. The first-order valence-corrected chi connectivity index (χ1v) is 40.1. The predicted molar refractivity (Wildman–Crippen MR) is 390 cm³/mol. The molecule has 0 fully saturated rings. The average molecular weight is 1390 g/mol. The van der Waals surface area contributed by atoms with Crippen LogP contribution in [0.2, 0.25) is 0 Å². The second kappa shape index (κ2) is 69.2. The van der Waals surface area contributed by atoms with E-state index in [-0.39, 0.29) is 25.7 Å². The molecule has 0 aliphatic carbocycles. The molecule has 552 valence electrons. The molecule has 0 aromatic carbocycles. The number of phosphoric ester groups is 2. The van der Waals surface area contributed by atoms with E-state index in [1.54, 1.807) is 0 Å². The molecule has 0 heterocycles. The van der Waals surface area contributed by atoms with Crippen molar-refractivity contribution in [3.63, 3.8) is 0 Å². The Kier molecular flexibility index (Phi) is 66.1.